The molecule has 100 valence electrons. The van der Waals surface area contributed by atoms with Crippen molar-refractivity contribution in [2.75, 3.05) is 13.1 Å². The molecule has 1 saturated heterocycles. The molecule has 1 aromatic carbocycles. The zero-order chi connectivity index (χ0) is 13.3. The topological polar surface area (TPSA) is 67.4 Å². The first kappa shape index (κ1) is 12.2. The molecule has 1 aliphatic carbocycles. The smallest absolute Gasteiger partial charge is 0.311 e. The van der Waals surface area contributed by atoms with Gasteiger partial charge >= 0.3 is 5.97 Å². The predicted molar refractivity (Wildman–Crippen MR) is 68.1 cm³/mol. The molecular weight excluding hydrogens is 244 g/mol. The average molecular weight is 260 g/mol. The van der Waals surface area contributed by atoms with Crippen LogP contribution in [0.1, 0.15) is 12.0 Å². The normalized spacial score (nSPS) is 28.8. The zero-order valence-electron chi connectivity index (χ0n) is 10.5. The van der Waals surface area contributed by atoms with E-state index in [0.717, 1.165) is 5.56 Å². The number of ether oxygens (including phenoxy) is 1. The molecule has 19 heavy (non-hydrogen) atoms. The van der Waals surface area contributed by atoms with Crippen molar-refractivity contribution in [3.8, 4) is 0 Å². The van der Waals surface area contributed by atoms with Gasteiger partial charge in [0.05, 0.1) is 5.92 Å². The second kappa shape index (κ2) is 4.66. The highest BCUT2D eigenvalue weighted by Gasteiger charge is 2.65. The molecule has 0 radical (unpaired) electrons. The number of nitrogens with one attached hydrogen (secondary N) is 2. The van der Waals surface area contributed by atoms with E-state index in [1.807, 2.05) is 30.3 Å². The van der Waals surface area contributed by atoms with Crippen LogP contribution < -0.4 is 10.6 Å². The third kappa shape index (κ3) is 2.21. The first-order valence-corrected chi connectivity index (χ1v) is 6.46. The quantitative estimate of drug-likeness (QED) is 0.762. The molecule has 0 aromatic heterocycles. The number of benzene rings is 1. The van der Waals surface area contributed by atoms with E-state index in [9.17, 15) is 9.59 Å². The van der Waals surface area contributed by atoms with Gasteiger partial charge < -0.3 is 15.4 Å². The largest absolute Gasteiger partial charge is 0.461 e. The maximum absolute atomic E-state index is 12.0. The van der Waals surface area contributed by atoms with Crippen LogP contribution in [-0.4, -0.2) is 30.5 Å². The summed E-state index contributed by atoms with van der Waals surface area (Å²) in [4.78, 5) is 23.7. The third-order valence-electron chi connectivity index (χ3n) is 3.73. The van der Waals surface area contributed by atoms with Crippen LogP contribution >= 0.6 is 0 Å². The van der Waals surface area contributed by atoms with Crippen molar-refractivity contribution in [1.29, 1.82) is 0 Å². The standard InChI is InChI=1S/C14H16N2O3/c17-12(19-9-10-4-2-1-3-5-10)11-8-14(11)13(18)15-6-7-16-14/h1-5,11,16H,6-9H2,(H,15,18). The molecule has 0 bridgehead atoms. The van der Waals surface area contributed by atoms with E-state index in [-0.39, 0.29) is 24.4 Å². The van der Waals surface area contributed by atoms with Crippen molar-refractivity contribution in [3.05, 3.63) is 35.9 Å². The van der Waals surface area contributed by atoms with Crippen LogP contribution in [0.25, 0.3) is 0 Å². The minimum atomic E-state index is -0.702. The van der Waals surface area contributed by atoms with Crippen LogP contribution in [0.4, 0.5) is 0 Å². The van der Waals surface area contributed by atoms with Gasteiger partial charge in [0, 0.05) is 13.1 Å². The Bertz CT molecular complexity index is 503. The van der Waals surface area contributed by atoms with E-state index < -0.39 is 5.54 Å². The summed E-state index contributed by atoms with van der Waals surface area (Å²) in [6.45, 7) is 1.58. The Balaban J connectivity index is 1.57. The second-order valence-electron chi connectivity index (χ2n) is 5.00. The average Bonchev–Trinajstić information content (AvgIpc) is 3.16. The summed E-state index contributed by atoms with van der Waals surface area (Å²) in [5.41, 5.74) is 0.248. The summed E-state index contributed by atoms with van der Waals surface area (Å²) < 4.78 is 5.27. The van der Waals surface area contributed by atoms with Gasteiger partial charge in [0.2, 0.25) is 5.91 Å². The van der Waals surface area contributed by atoms with Gasteiger partial charge in [0.15, 0.2) is 0 Å². The van der Waals surface area contributed by atoms with Gasteiger partial charge in [0.25, 0.3) is 0 Å². The summed E-state index contributed by atoms with van der Waals surface area (Å²) >= 11 is 0. The zero-order valence-corrected chi connectivity index (χ0v) is 10.5. The Morgan fingerprint density at radius 3 is 2.84 bits per heavy atom. The molecule has 1 saturated carbocycles. The first-order chi connectivity index (χ1) is 9.22. The predicted octanol–water partition coefficient (Wildman–Crippen LogP) is 0.208. The van der Waals surface area contributed by atoms with Gasteiger partial charge in [-0.05, 0) is 12.0 Å². The van der Waals surface area contributed by atoms with Crippen LogP contribution in [0.15, 0.2) is 30.3 Å². The van der Waals surface area contributed by atoms with Gasteiger partial charge in [-0.3, -0.25) is 9.59 Å². The van der Waals surface area contributed by atoms with Gasteiger partial charge in [0.1, 0.15) is 12.1 Å². The van der Waals surface area contributed by atoms with Gasteiger partial charge in [-0.15, -0.1) is 0 Å². The van der Waals surface area contributed by atoms with E-state index in [4.69, 9.17) is 4.74 Å². The minimum absolute atomic E-state index is 0.0830. The van der Waals surface area contributed by atoms with Crippen molar-refractivity contribution >= 4 is 11.9 Å². The van der Waals surface area contributed by atoms with Crippen molar-refractivity contribution in [1.82, 2.24) is 10.6 Å². The molecule has 5 heteroatoms. The monoisotopic (exact) mass is 260 g/mol. The van der Waals surface area contributed by atoms with Gasteiger partial charge in [-0.2, -0.15) is 0 Å². The van der Waals surface area contributed by atoms with Gasteiger partial charge in [-0.1, -0.05) is 30.3 Å². The van der Waals surface area contributed by atoms with Crippen LogP contribution in [0, 0.1) is 5.92 Å². The van der Waals surface area contributed by atoms with Crippen molar-refractivity contribution in [2.45, 2.75) is 18.6 Å². The number of piperazine rings is 1. The number of esters is 1. The number of hydrogen-bond donors (Lipinski definition) is 2. The minimum Gasteiger partial charge on any atom is -0.461 e. The number of carbonyl (C=O) groups excluding carboxylic acids is 2. The molecule has 2 aliphatic rings. The molecule has 1 amide bonds. The van der Waals surface area contributed by atoms with Crippen LogP contribution in [-0.2, 0) is 20.9 Å². The van der Waals surface area contributed by atoms with E-state index in [1.54, 1.807) is 0 Å². The molecule has 1 spiro atoms. The molecule has 1 heterocycles. The van der Waals surface area contributed by atoms with Crippen LogP contribution in [0.2, 0.25) is 0 Å². The Hall–Kier alpha value is -1.88. The molecule has 2 fully saturated rings. The fraction of sp³-hybridized carbons (Fsp3) is 0.429. The van der Waals surface area contributed by atoms with Crippen LogP contribution in [0.3, 0.4) is 0 Å². The van der Waals surface area contributed by atoms with E-state index in [2.05, 4.69) is 10.6 Å². The molecular formula is C14H16N2O3. The lowest BCUT2D eigenvalue weighted by atomic mass is 10.1. The third-order valence-corrected chi connectivity index (χ3v) is 3.73. The fourth-order valence-electron chi connectivity index (χ4n) is 2.52. The lowest BCUT2D eigenvalue weighted by Crippen LogP contribution is -2.56. The lowest BCUT2D eigenvalue weighted by Gasteiger charge is -2.23. The second-order valence-corrected chi connectivity index (χ2v) is 5.00. The van der Waals surface area contributed by atoms with Crippen molar-refractivity contribution in [3.63, 3.8) is 0 Å². The molecule has 2 atom stereocenters. The molecule has 1 aliphatic heterocycles. The SMILES string of the molecule is O=C(OCc1ccccc1)C1CC12NCCNC2=O. The van der Waals surface area contributed by atoms with Crippen LogP contribution in [0.5, 0.6) is 0 Å². The van der Waals surface area contributed by atoms with E-state index >= 15 is 0 Å². The lowest BCUT2D eigenvalue weighted by molar-refractivity contribution is -0.148. The fourth-order valence-corrected chi connectivity index (χ4v) is 2.52. The Morgan fingerprint density at radius 1 is 1.32 bits per heavy atom. The molecule has 2 N–H and O–H groups in total. The van der Waals surface area contributed by atoms with Crippen molar-refractivity contribution < 1.29 is 14.3 Å². The molecule has 5 nitrogen and oxygen atoms in total. The summed E-state index contributed by atoms with van der Waals surface area (Å²) in [6.07, 6.45) is 0.534. The number of rotatable bonds is 3. The van der Waals surface area contributed by atoms with E-state index in [0.29, 0.717) is 19.5 Å². The highest BCUT2D eigenvalue weighted by molar-refractivity contribution is 5.98. The Morgan fingerprint density at radius 2 is 2.11 bits per heavy atom. The van der Waals surface area contributed by atoms with Crippen molar-refractivity contribution in [2.24, 2.45) is 5.92 Å². The molecule has 1 aromatic rings. The Kier molecular flexibility index (Phi) is 2.98. The molecule has 3 rings (SSSR count). The number of amides is 1. The van der Waals surface area contributed by atoms with Gasteiger partial charge in [-0.25, -0.2) is 0 Å². The summed E-state index contributed by atoms with van der Waals surface area (Å²) in [5.74, 6) is -0.731. The summed E-state index contributed by atoms with van der Waals surface area (Å²) in [6, 6.07) is 9.52. The first-order valence-electron chi connectivity index (χ1n) is 6.46. The number of hydrogen-bond acceptors (Lipinski definition) is 4. The highest BCUT2D eigenvalue weighted by atomic mass is 16.5. The molecule has 2 unspecified atom stereocenters. The Labute approximate surface area is 111 Å². The summed E-state index contributed by atoms with van der Waals surface area (Å²) in [7, 11) is 0. The highest BCUT2D eigenvalue weighted by Crippen LogP contribution is 2.45. The maximum atomic E-state index is 12.0. The maximum Gasteiger partial charge on any atom is 0.311 e. The number of carbonyl (C=O) groups is 2. The van der Waals surface area contributed by atoms with E-state index in [1.165, 1.54) is 0 Å². The summed E-state index contributed by atoms with van der Waals surface area (Å²) in [5, 5.41) is 5.92.